The lowest BCUT2D eigenvalue weighted by Gasteiger charge is -2.49. The van der Waals surface area contributed by atoms with Gasteiger partial charge in [0.1, 0.15) is 153 Å². The van der Waals surface area contributed by atoms with Crippen LogP contribution in [0.1, 0.15) is 0 Å². The fourth-order valence-corrected chi connectivity index (χ4v) is 8.57. The fraction of sp³-hybridized carbons (Fsp3) is 1.00. The van der Waals surface area contributed by atoms with E-state index in [1.54, 1.807) is 0 Å². The molecule has 6 rings (SSSR count). The Morgan fingerprint density at radius 1 is 0.254 bits per heavy atom. The van der Waals surface area contributed by atoms with E-state index in [4.69, 9.17) is 57.8 Å². The third-order valence-corrected chi connectivity index (χ3v) is 12.5. The van der Waals surface area contributed by atoms with Gasteiger partial charge in [-0.1, -0.05) is 0 Å². The van der Waals surface area contributed by atoms with E-state index in [1.807, 2.05) is 0 Å². The van der Waals surface area contributed by atoms with Gasteiger partial charge in [-0.3, -0.25) is 0 Å². The number of aliphatic hydroxyl groups excluding tert-OH is 19. The normalized spacial score (nSPS) is 53.4. The number of hydrogen-bond acceptors (Lipinski definition) is 31. The van der Waals surface area contributed by atoms with Crippen LogP contribution in [0.3, 0.4) is 0 Å². The third kappa shape index (κ3) is 11.2. The summed E-state index contributed by atoms with van der Waals surface area (Å²) in [7, 11) is 0. The Labute approximate surface area is 378 Å². The molecule has 6 fully saturated rings. The summed E-state index contributed by atoms with van der Waals surface area (Å²) in [6, 6.07) is 0. The summed E-state index contributed by atoms with van der Waals surface area (Å²) in [6.45, 7) is -5.55. The summed E-state index contributed by atoms with van der Waals surface area (Å²) < 4.78 is 60.9. The van der Waals surface area contributed by atoms with E-state index >= 15 is 0 Å². The van der Waals surface area contributed by atoms with Crippen molar-refractivity contribution in [1.29, 1.82) is 0 Å². The highest BCUT2D eigenvalue weighted by Crippen LogP contribution is 2.36. The Bertz CT molecular complexity index is 1500. The molecular formula is C36H63NO30. The Hall–Kier alpha value is -1.24. The Kier molecular flexibility index (Phi) is 19.4. The van der Waals surface area contributed by atoms with E-state index < -0.39 is 224 Å². The van der Waals surface area contributed by atoms with Crippen molar-refractivity contribution in [2.45, 2.75) is 184 Å². The highest BCUT2D eigenvalue weighted by molar-refractivity contribution is 5.00. The topological polar surface area (TPSA) is 512 Å². The van der Waals surface area contributed by atoms with Crippen LogP contribution >= 0.6 is 0 Å². The van der Waals surface area contributed by atoms with Gasteiger partial charge in [0.15, 0.2) is 31.5 Å². The molecule has 0 aromatic carbocycles. The lowest BCUT2D eigenvalue weighted by atomic mass is 9.95. The molecule has 0 aliphatic carbocycles. The summed E-state index contributed by atoms with van der Waals surface area (Å²) in [5.41, 5.74) is 5.60. The van der Waals surface area contributed by atoms with Gasteiger partial charge in [0.05, 0.1) is 39.6 Å². The molecule has 6 aliphatic heterocycles. The lowest BCUT2D eigenvalue weighted by Crippen LogP contribution is -2.68. The molecule has 21 N–H and O–H groups in total. The van der Waals surface area contributed by atoms with Gasteiger partial charge in [0, 0.05) is 0 Å². The summed E-state index contributed by atoms with van der Waals surface area (Å²) in [6.07, 6.45) is -55.2. The highest BCUT2D eigenvalue weighted by Gasteiger charge is 2.57. The molecule has 0 aromatic rings. The molecule has 0 unspecified atom stereocenters. The molecule has 0 bridgehead atoms. The zero-order chi connectivity index (χ0) is 49.3. The van der Waals surface area contributed by atoms with E-state index in [0.29, 0.717) is 0 Å². The van der Waals surface area contributed by atoms with Crippen LogP contribution in [-0.4, -0.2) is 321 Å². The number of aliphatic hydroxyl groups is 19. The van der Waals surface area contributed by atoms with Crippen molar-refractivity contribution in [3.05, 3.63) is 0 Å². The maximum atomic E-state index is 11.2. The molecular weight excluding hydrogens is 926 g/mol. The second kappa shape index (κ2) is 23.5. The first kappa shape index (κ1) is 55.1. The van der Waals surface area contributed by atoms with Gasteiger partial charge in [-0.2, -0.15) is 0 Å². The molecule has 0 saturated carbocycles. The van der Waals surface area contributed by atoms with Crippen LogP contribution in [0.2, 0.25) is 0 Å². The van der Waals surface area contributed by atoms with E-state index in [1.165, 1.54) is 0 Å². The minimum atomic E-state index is -2.17. The predicted octanol–water partition coefficient (Wildman–Crippen LogP) is -14.1. The number of rotatable bonds is 16. The average molecular weight is 990 g/mol. The predicted molar refractivity (Wildman–Crippen MR) is 201 cm³/mol. The largest absolute Gasteiger partial charge is 0.394 e. The highest BCUT2D eigenvalue weighted by atomic mass is 16.8. The summed E-state index contributed by atoms with van der Waals surface area (Å²) in [5, 5.41) is 200. The summed E-state index contributed by atoms with van der Waals surface area (Å²) >= 11 is 0. The average Bonchev–Trinajstić information content (AvgIpc) is 3.32. The minimum absolute atomic E-state index is 0.776. The van der Waals surface area contributed by atoms with Crippen molar-refractivity contribution >= 4 is 0 Å². The number of ether oxygens (including phenoxy) is 11. The van der Waals surface area contributed by atoms with E-state index in [9.17, 15) is 97.0 Å². The Balaban J connectivity index is 1.07. The first-order valence-electron chi connectivity index (χ1n) is 21.2. The van der Waals surface area contributed by atoms with Crippen LogP contribution in [0.15, 0.2) is 0 Å². The van der Waals surface area contributed by atoms with Crippen molar-refractivity contribution in [3.63, 3.8) is 0 Å². The van der Waals surface area contributed by atoms with Gasteiger partial charge in [-0.25, -0.2) is 0 Å². The molecule has 6 heterocycles. The zero-order valence-electron chi connectivity index (χ0n) is 35.1. The maximum Gasteiger partial charge on any atom is 0.187 e. The fourth-order valence-electron chi connectivity index (χ4n) is 8.57. The standard InChI is InChI=1S/C36H63NO30/c37-31-20(51)15(46)26(8(2-39)57-31)63-33-22(53)17(48)28(10(4-41)59-33)65-35-24(55)19(50)30(12(6-43)61-35)67-36-25(56)18(49)29(11(5-42)62-36)66-34-23(54)16(47)27(9(3-40)60-34)64-32-21(52)14(45)13(44)7(1-38)58-32/h7-36,38-56H,1-6,37H2/t7-,8-,9-,10-,11-,12-,13-,14+,15-,16-,17-,18-,19-,20-,21-,22-,23-,24-,25-,26-,27-,28-,29-,30-,31+,32-,33-,34-,35-,36-/m1/s1. The monoisotopic (exact) mass is 989 g/mol. The van der Waals surface area contributed by atoms with Gasteiger partial charge in [0.25, 0.3) is 0 Å². The van der Waals surface area contributed by atoms with Crippen LogP contribution in [0.5, 0.6) is 0 Å². The van der Waals surface area contributed by atoms with E-state index in [0.717, 1.165) is 0 Å². The molecule has 0 aromatic heterocycles. The van der Waals surface area contributed by atoms with Crippen molar-refractivity contribution in [2.75, 3.05) is 39.6 Å². The molecule has 6 saturated heterocycles. The first-order chi connectivity index (χ1) is 31.8. The van der Waals surface area contributed by atoms with E-state index in [-0.39, 0.29) is 0 Å². The minimum Gasteiger partial charge on any atom is -0.394 e. The SMILES string of the molecule is N[C@H]1O[C@H](CO)[C@@H](O[C@H]2O[C@H](CO)[C@@H](O[C@H]3O[C@H](CO)[C@@H](O[C@H]4O[C@H](CO)[C@@H](O[C@H]5O[C@H](CO)[C@@H](O[C@H]6O[C@H](CO)[C@@H](O)[C@H](O)[C@H]6O)[C@H](O)[C@H]5O)[C@H](O)[C@H]4O)[C@H](O)[C@H]3O)[C@H](O)[C@H]2O)[C@H](O)[C@H]1O. The Morgan fingerprint density at radius 3 is 0.716 bits per heavy atom. The third-order valence-electron chi connectivity index (χ3n) is 12.5. The van der Waals surface area contributed by atoms with Crippen LogP contribution in [0, 0.1) is 0 Å². The lowest BCUT2D eigenvalue weighted by molar-refractivity contribution is -0.395. The molecule has 0 spiro atoms. The molecule has 0 radical (unpaired) electrons. The molecule has 6 aliphatic rings. The molecule has 31 heteroatoms. The zero-order valence-corrected chi connectivity index (χ0v) is 35.1. The molecule has 67 heavy (non-hydrogen) atoms. The van der Waals surface area contributed by atoms with Crippen LogP contribution in [0.4, 0.5) is 0 Å². The van der Waals surface area contributed by atoms with Gasteiger partial charge in [-0.15, -0.1) is 0 Å². The van der Waals surface area contributed by atoms with Gasteiger partial charge in [0.2, 0.25) is 0 Å². The first-order valence-corrected chi connectivity index (χ1v) is 21.2. The Morgan fingerprint density at radius 2 is 0.463 bits per heavy atom. The second-order valence-corrected chi connectivity index (χ2v) is 16.8. The number of nitrogens with two attached hydrogens (primary N) is 1. The van der Waals surface area contributed by atoms with Gasteiger partial charge < -0.3 is 155 Å². The van der Waals surface area contributed by atoms with Crippen LogP contribution < -0.4 is 5.73 Å². The number of hydrogen-bond donors (Lipinski definition) is 20. The smallest absolute Gasteiger partial charge is 0.187 e. The molecule has 31 nitrogen and oxygen atoms in total. The molecule has 0 amide bonds. The van der Waals surface area contributed by atoms with Crippen LogP contribution in [-0.2, 0) is 52.1 Å². The molecule has 392 valence electrons. The van der Waals surface area contributed by atoms with Crippen molar-refractivity contribution in [3.8, 4) is 0 Å². The van der Waals surface area contributed by atoms with E-state index in [2.05, 4.69) is 0 Å². The van der Waals surface area contributed by atoms with Gasteiger partial charge in [-0.05, 0) is 0 Å². The van der Waals surface area contributed by atoms with Crippen molar-refractivity contribution in [2.24, 2.45) is 5.73 Å². The van der Waals surface area contributed by atoms with Crippen molar-refractivity contribution in [1.82, 2.24) is 0 Å². The van der Waals surface area contributed by atoms with Crippen LogP contribution in [0.25, 0.3) is 0 Å². The summed E-state index contributed by atoms with van der Waals surface area (Å²) in [4.78, 5) is 0. The summed E-state index contributed by atoms with van der Waals surface area (Å²) in [5.74, 6) is 0. The van der Waals surface area contributed by atoms with Crippen molar-refractivity contribution < 1.29 is 149 Å². The second-order valence-electron chi connectivity index (χ2n) is 16.8. The van der Waals surface area contributed by atoms with Gasteiger partial charge >= 0.3 is 0 Å². The maximum absolute atomic E-state index is 11.2. The quantitative estimate of drug-likeness (QED) is 0.0683. The molecule has 30 atom stereocenters.